The maximum absolute atomic E-state index is 14.6. The van der Waals surface area contributed by atoms with Gasteiger partial charge in [-0.15, -0.1) is 0 Å². The number of benzene rings is 3. The molecule has 3 aromatic rings. The van der Waals surface area contributed by atoms with E-state index in [0.29, 0.717) is 22.0 Å². The summed E-state index contributed by atoms with van der Waals surface area (Å²) in [7, 11) is 0. The summed E-state index contributed by atoms with van der Waals surface area (Å²) >= 11 is 1.92. The van der Waals surface area contributed by atoms with Crippen LogP contribution in [0, 0.1) is 21.0 Å². The van der Waals surface area contributed by atoms with E-state index in [4.69, 9.17) is 0 Å². The van der Waals surface area contributed by atoms with Crippen LogP contribution in [0.3, 0.4) is 0 Å². The second-order valence-electron chi connectivity index (χ2n) is 8.05. The van der Waals surface area contributed by atoms with Crippen molar-refractivity contribution in [3.05, 3.63) is 86.7 Å². The highest BCUT2D eigenvalue weighted by Crippen LogP contribution is 2.33. The Morgan fingerprint density at radius 2 is 1.79 bits per heavy atom. The number of amides is 1. The molecule has 0 saturated carbocycles. The Balaban J connectivity index is 1.50. The Morgan fingerprint density at radius 3 is 2.48 bits per heavy atom. The van der Waals surface area contributed by atoms with Crippen LogP contribution < -0.4 is 5.32 Å². The smallest absolute Gasteiger partial charge is 0.256 e. The van der Waals surface area contributed by atoms with Gasteiger partial charge in [0.1, 0.15) is 17.2 Å². The normalized spacial score (nSPS) is 14.6. The highest BCUT2D eigenvalue weighted by molar-refractivity contribution is 14.1. The number of aliphatic hydroxyl groups is 1. The van der Waals surface area contributed by atoms with Crippen LogP contribution in [0.4, 0.5) is 24.5 Å². The number of aryl methyl sites for hydroxylation is 1. The van der Waals surface area contributed by atoms with Crippen LogP contribution >= 0.6 is 22.6 Å². The van der Waals surface area contributed by atoms with Gasteiger partial charge in [0.25, 0.3) is 5.91 Å². The van der Waals surface area contributed by atoms with Crippen LogP contribution in [-0.4, -0.2) is 39.7 Å². The van der Waals surface area contributed by atoms with Crippen LogP contribution in [-0.2, 0) is 6.42 Å². The number of likely N-dealkylation sites (tertiary alicyclic amines) is 1. The van der Waals surface area contributed by atoms with Crippen molar-refractivity contribution in [2.45, 2.75) is 18.4 Å². The SMILES string of the molecule is O=C(c1ccc(F)c(F)c1Nc1ccc(I)cc1F)N1CC(O)(CCc2ccccc2O)C1. The second kappa shape index (κ2) is 9.22. The van der Waals surface area contributed by atoms with E-state index in [1.54, 1.807) is 30.3 Å². The van der Waals surface area contributed by atoms with E-state index in [-0.39, 0.29) is 30.1 Å². The van der Waals surface area contributed by atoms with E-state index in [0.717, 1.165) is 12.1 Å². The largest absolute Gasteiger partial charge is 0.508 e. The number of para-hydroxylation sites is 1. The molecule has 0 bridgehead atoms. The van der Waals surface area contributed by atoms with Crippen LogP contribution in [0.5, 0.6) is 5.75 Å². The number of rotatable bonds is 6. The predicted octanol–water partition coefficient (Wildman–Crippen LogP) is 4.98. The molecule has 3 aromatic carbocycles. The van der Waals surface area contributed by atoms with Crippen LogP contribution in [0.2, 0.25) is 0 Å². The summed E-state index contributed by atoms with van der Waals surface area (Å²) in [5.41, 5.74) is -1.22. The quantitative estimate of drug-likeness (QED) is 0.367. The maximum Gasteiger partial charge on any atom is 0.256 e. The molecular formula is C24H20F3IN2O3. The lowest BCUT2D eigenvalue weighted by Gasteiger charge is -2.46. The molecule has 3 N–H and O–H groups in total. The Bertz CT molecular complexity index is 1220. The van der Waals surface area contributed by atoms with Crippen LogP contribution in [0.25, 0.3) is 0 Å². The van der Waals surface area contributed by atoms with E-state index in [9.17, 15) is 28.2 Å². The summed E-state index contributed by atoms with van der Waals surface area (Å²) in [6.45, 7) is -0.00842. The minimum Gasteiger partial charge on any atom is -0.508 e. The fraction of sp³-hybridized carbons (Fsp3) is 0.208. The number of halogens is 4. The number of phenolic OH excluding ortho intramolecular Hbond substituents is 1. The second-order valence-corrected chi connectivity index (χ2v) is 9.29. The molecule has 0 radical (unpaired) electrons. The van der Waals surface area contributed by atoms with Gasteiger partial charge in [0.15, 0.2) is 11.6 Å². The third-order valence-corrected chi connectivity index (χ3v) is 6.30. The molecule has 1 fully saturated rings. The zero-order valence-electron chi connectivity index (χ0n) is 17.3. The van der Waals surface area contributed by atoms with E-state index in [1.807, 2.05) is 22.6 Å². The number of β-amino-alcohol motifs (C(OH)–C–C–N with tert-alkyl or cyclic N) is 1. The Morgan fingerprint density at radius 1 is 1.06 bits per heavy atom. The number of nitrogens with zero attached hydrogens (tertiary/aromatic N) is 1. The maximum atomic E-state index is 14.6. The lowest BCUT2D eigenvalue weighted by atomic mass is 9.86. The molecule has 0 atom stereocenters. The minimum atomic E-state index is -1.30. The van der Waals surface area contributed by atoms with Gasteiger partial charge in [0.2, 0.25) is 0 Å². The van der Waals surface area contributed by atoms with Gasteiger partial charge in [-0.25, -0.2) is 13.2 Å². The molecule has 0 aromatic heterocycles. The number of carbonyl (C=O) groups is 1. The van der Waals surface area contributed by atoms with Gasteiger partial charge in [-0.3, -0.25) is 4.79 Å². The third-order valence-electron chi connectivity index (χ3n) is 5.62. The molecule has 1 heterocycles. The number of carbonyl (C=O) groups excluding carboxylic acids is 1. The van der Waals surface area contributed by atoms with E-state index >= 15 is 0 Å². The van der Waals surface area contributed by atoms with E-state index in [2.05, 4.69) is 5.32 Å². The Labute approximate surface area is 202 Å². The molecule has 9 heteroatoms. The van der Waals surface area contributed by atoms with Crippen molar-refractivity contribution in [1.82, 2.24) is 4.90 Å². The van der Waals surface area contributed by atoms with Crippen molar-refractivity contribution in [2.24, 2.45) is 0 Å². The van der Waals surface area contributed by atoms with Gasteiger partial charge in [0, 0.05) is 3.57 Å². The van der Waals surface area contributed by atoms with Crippen molar-refractivity contribution in [1.29, 1.82) is 0 Å². The number of hydrogen-bond donors (Lipinski definition) is 3. The van der Waals surface area contributed by atoms with Gasteiger partial charge in [-0.1, -0.05) is 18.2 Å². The lowest BCUT2D eigenvalue weighted by Crippen LogP contribution is -2.63. The first-order valence-corrected chi connectivity index (χ1v) is 11.2. The molecule has 33 heavy (non-hydrogen) atoms. The number of anilines is 2. The first-order chi connectivity index (χ1) is 15.7. The zero-order valence-corrected chi connectivity index (χ0v) is 19.4. The van der Waals surface area contributed by atoms with Crippen LogP contribution in [0.15, 0.2) is 54.6 Å². The summed E-state index contributed by atoms with van der Waals surface area (Å²) in [5.74, 6) is -3.63. The average molecular weight is 568 g/mol. The van der Waals surface area contributed by atoms with Crippen LogP contribution in [0.1, 0.15) is 22.3 Å². The topological polar surface area (TPSA) is 72.8 Å². The fourth-order valence-electron chi connectivity index (χ4n) is 3.80. The van der Waals surface area contributed by atoms with Crippen molar-refractivity contribution >= 4 is 39.9 Å². The van der Waals surface area contributed by atoms with Crippen molar-refractivity contribution in [3.63, 3.8) is 0 Å². The minimum absolute atomic E-state index is 0.00421. The van der Waals surface area contributed by atoms with Gasteiger partial charge in [-0.05, 0) is 77.4 Å². The molecule has 1 saturated heterocycles. The molecular weight excluding hydrogens is 548 g/mol. The highest BCUT2D eigenvalue weighted by Gasteiger charge is 2.44. The average Bonchev–Trinajstić information content (AvgIpc) is 2.76. The molecule has 1 amide bonds. The van der Waals surface area contributed by atoms with Gasteiger partial charge < -0.3 is 20.4 Å². The van der Waals surface area contributed by atoms with Gasteiger partial charge in [0.05, 0.1) is 30.0 Å². The standard InChI is InChI=1S/C24H20F3IN2O3/c25-17-7-6-16(22(21(17)27)29-19-8-5-15(28)11-18(19)26)23(32)30-12-24(33,13-30)10-9-14-3-1-2-4-20(14)31/h1-8,11,29,31,33H,9-10,12-13H2. The Hall–Kier alpha value is -2.79. The Kier molecular flexibility index (Phi) is 6.53. The zero-order chi connectivity index (χ0) is 23.8. The molecule has 4 rings (SSSR count). The number of hydrogen-bond acceptors (Lipinski definition) is 4. The monoisotopic (exact) mass is 568 g/mol. The summed E-state index contributed by atoms with van der Waals surface area (Å²) in [6.07, 6.45) is 0.723. The van der Waals surface area contributed by atoms with Gasteiger partial charge >= 0.3 is 0 Å². The first-order valence-electron chi connectivity index (χ1n) is 10.2. The molecule has 5 nitrogen and oxygen atoms in total. The number of aromatic hydroxyl groups is 1. The molecule has 1 aliphatic heterocycles. The van der Waals surface area contributed by atoms with Gasteiger partial charge in [-0.2, -0.15) is 0 Å². The van der Waals surface area contributed by atoms with Crippen molar-refractivity contribution in [3.8, 4) is 5.75 Å². The van der Waals surface area contributed by atoms with E-state index in [1.165, 1.54) is 17.0 Å². The summed E-state index contributed by atoms with van der Waals surface area (Å²) in [6, 6.07) is 12.9. The summed E-state index contributed by atoms with van der Waals surface area (Å²) in [4.78, 5) is 14.3. The van der Waals surface area contributed by atoms with Crippen molar-refractivity contribution < 1.29 is 28.2 Å². The molecule has 0 unspecified atom stereocenters. The van der Waals surface area contributed by atoms with Crippen molar-refractivity contribution in [2.75, 3.05) is 18.4 Å². The highest BCUT2D eigenvalue weighted by atomic mass is 127. The first kappa shape index (κ1) is 23.4. The fourth-order valence-corrected chi connectivity index (χ4v) is 4.26. The lowest BCUT2D eigenvalue weighted by molar-refractivity contribution is -0.0854. The molecule has 1 aliphatic rings. The molecule has 0 aliphatic carbocycles. The molecule has 172 valence electrons. The summed E-state index contributed by atoms with van der Waals surface area (Å²) in [5, 5.41) is 23.1. The van der Waals surface area contributed by atoms with E-state index < -0.39 is 34.6 Å². The number of nitrogens with one attached hydrogen (secondary N) is 1. The summed E-state index contributed by atoms with van der Waals surface area (Å²) < 4.78 is 43.4. The molecule has 0 spiro atoms. The third kappa shape index (κ3) is 4.93. The predicted molar refractivity (Wildman–Crippen MR) is 126 cm³/mol. The number of phenols is 1.